The van der Waals surface area contributed by atoms with Crippen LogP contribution in [0, 0.1) is 5.92 Å². The summed E-state index contributed by atoms with van der Waals surface area (Å²) in [6.45, 7) is 3.92. The van der Waals surface area contributed by atoms with Crippen LogP contribution in [0.2, 0.25) is 0 Å². The largest absolute Gasteiger partial charge is 0.383 e. The summed E-state index contributed by atoms with van der Waals surface area (Å²) in [5, 5.41) is 0. The van der Waals surface area contributed by atoms with E-state index in [0.717, 1.165) is 25.5 Å². The number of methoxy groups -OCH3 is 1. The Hall–Kier alpha value is -0.650. The van der Waals surface area contributed by atoms with Crippen LogP contribution in [0.25, 0.3) is 0 Å². The van der Waals surface area contributed by atoms with Crippen molar-refractivity contribution >= 4 is 5.91 Å². The minimum absolute atomic E-state index is 0.360. The van der Waals surface area contributed by atoms with Gasteiger partial charge in [-0.2, -0.15) is 0 Å². The first-order chi connectivity index (χ1) is 8.98. The maximum atomic E-state index is 11.5. The van der Waals surface area contributed by atoms with Crippen molar-refractivity contribution in [1.29, 1.82) is 0 Å². The summed E-state index contributed by atoms with van der Waals surface area (Å²) in [5.41, 5.74) is 10.7. The smallest absolute Gasteiger partial charge is 0.237 e. The number of nitrogens with zero attached hydrogens (tertiary/aromatic N) is 1. The highest BCUT2D eigenvalue weighted by Gasteiger charge is 2.45. The molecule has 0 saturated heterocycles. The molecule has 110 valence electrons. The van der Waals surface area contributed by atoms with Gasteiger partial charge >= 0.3 is 0 Å². The average molecular weight is 269 g/mol. The van der Waals surface area contributed by atoms with Gasteiger partial charge in [-0.15, -0.1) is 0 Å². The van der Waals surface area contributed by atoms with Gasteiger partial charge in [0.05, 0.1) is 12.1 Å². The van der Waals surface area contributed by atoms with Crippen LogP contribution in [0.15, 0.2) is 0 Å². The van der Waals surface area contributed by atoms with Crippen LogP contribution in [-0.4, -0.2) is 48.7 Å². The van der Waals surface area contributed by atoms with Gasteiger partial charge in [0.2, 0.25) is 5.91 Å². The van der Waals surface area contributed by atoms with Crippen LogP contribution in [0.4, 0.5) is 0 Å². The van der Waals surface area contributed by atoms with E-state index >= 15 is 0 Å². The lowest BCUT2D eigenvalue weighted by atomic mass is 9.97. The summed E-state index contributed by atoms with van der Waals surface area (Å²) in [7, 11) is 1.73. The number of carbonyl (C=O) groups excluding carboxylic acids is 1. The summed E-state index contributed by atoms with van der Waals surface area (Å²) in [6, 6.07) is 0.915. The normalized spacial score (nSPS) is 32.7. The molecule has 19 heavy (non-hydrogen) atoms. The number of hydrogen-bond acceptors (Lipinski definition) is 4. The Balaban J connectivity index is 2.00. The Morgan fingerprint density at radius 1 is 1.47 bits per heavy atom. The van der Waals surface area contributed by atoms with Crippen molar-refractivity contribution in [1.82, 2.24) is 4.90 Å². The van der Waals surface area contributed by atoms with Crippen LogP contribution in [-0.2, 0) is 9.53 Å². The third-order valence-corrected chi connectivity index (χ3v) is 4.86. The first-order valence-corrected chi connectivity index (χ1v) is 7.31. The molecule has 0 heterocycles. The molecule has 2 saturated carbocycles. The fraction of sp³-hybridized carbons (Fsp3) is 0.929. The molecule has 0 aliphatic heterocycles. The summed E-state index contributed by atoms with van der Waals surface area (Å²) < 4.78 is 5.22. The highest BCUT2D eigenvalue weighted by Crippen LogP contribution is 2.39. The van der Waals surface area contributed by atoms with Crippen molar-refractivity contribution in [3.63, 3.8) is 0 Å². The third kappa shape index (κ3) is 3.27. The van der Waals surface area contributed by atoms with Gasteiger partial charge in [-0.25, -0.2) is 0 Å². The third-order valence-electron chi connectivity index (χ3n) is 4.86. The van der Waals surface area contributed by atoms with E-state index in [2.05, 4.69) is 11.8 Å². The standard InChI is InChI=1S/C14H27N3O2/c1-10(11-3-4-11)17(7-8-19-2)12-5-6-14(16,9-12)13(15)18/h10-12H,3-9,16H2,1-2H3,(H2,15,18). The maximum Gasteiger partial charge on any atom is 0.237 e. The van der Waals surface area contributed by atoms with Crippen molar-refractivity contribution in [3.8, 4) is 0 Å². The molecule has 0 bridgehead atoms. The number of primary amides is 1. The summed E-state index contributed by atoms with van der Waals surface area (Å²) in [5.74, 6) is 0.443. The van der Waals surface area contributed by atoms with Gasteiger partial charge in [0.15, 0.2) is 0 Å². The Kier molecular flexibility index (Phi) is 4.48. The van der Waals surface area contributed by atoms with Gasteiger partial charge in [-0.3, -0.25) is 9.69 Å². The van der Waals surface area contributed by atoms with Gasteiger partial charge in [0.25, 0.3) is 0 Å². The lowest BCUT2D eigenvalue weighted by Gasteiger charge is -2.35. The molecule has 0 spiro atoms. The van der Waals surface area contributed by atoms with Crippen molar-refractivity contribution in [2.45, 2.75) is 56.7 Å². The van der Waals surface area contributed by atoms with Crippen LogP contribution >= 0.6 is 0 Å². The Bertz CT molecular complexity index is 333. The fourth-order valence-electron chi connectivity index (χ4n) is 3.32. The first-order valence-electron chi connectivity index (χ1n) is 7.31. The monoisotopic (exact) mass is 269 g/mol. The van der Waals surface area contributed by atoms with Crippen molar-refractivity contribution in [2.75, 3.05) is 20.3 Å². The fourth-order valence-corrected chi connectivity index (χ4v) is 3.32. The van der Waals surface area contributed by atoms with Crippen molar-refractivity contribution in [2.24, 2.45) is 17.4 Å². The van der Waals surface area contributed by atoms with Crippen LogP contribution in [0.3, 0.4) is 0 Å². The lowest BCUT2D eigenvalue weighted by Crippen LogP contribution is -2.52. The molecular weight excluding hydrogens is 242 g/mol. The second kappa shape index (κ2) is 5.77. The van der Waals surface area contributed by atoms with E-state index in [1.165, 1.54) is 12.8 Å². The molecular formula is C14H27N3O2. The molecule has 2 fully saturated rings. The van der Waals surface area contributed by atoms with Crippen LogP contribution < -0.4 is 11.5 Å². The van der Waals surface area contributed by atoms with E-state index in [1.54, 1.807) is 7.11 Å². The van der Waals surface area contributed by atoms with Gasteiger partial charge in [0, 0.05) is 25.7 Å². The molecule has 3 atom stereocenters. The number of rotatable bonds is 7. The quantitative estimate of drug-likeness (QED) is 0.704. The molecule has 5 heteroatoms. The van der Waals surface area contributed by atoms with Crippen molar-refractivity contribution in [3.05, 3.63) is 0 Å². The number of amides is 1. The SMILES string of the molecule is COCCN(C1CCC(N)(C(N)=O)C1)C(C)C1CC1. The first kappa shape index (κ1) is 14.8. The topological polar surface area (TPSA) is 81.6 Å². The molecule has 0 aromatic heterocycles. The van der Waals surface area contributed by atoms with Gasteiger partial charge in [-0.1, -0.05) is 0 Å². The van der Waals surface area contributed by atoms with Gasteiger partial charge in [0.1, 0.15) is 0 Å². The molecule has 1 amide bonds. The van der Waals surface area contributed by atoms with E-state index in [4.69, 9.17) is 16.2 Å². The zero-order valence-corrected chi connectivity index (χ0v) is 12.1. The molecule has 5 nitrogen and oxygen atoms in total. The van der Waals surface area contributed by atoms with Gasteiger partial charge < -0.3 is 16.2 Å². The average Bonchev–Trinajstić information content (AvgIpc) is 3.14. The molecule has 0 aromatic rings. The summed E-state index contributed by atoms with van der Waals surface area (Å²) >= 11 is 0. The van der Waals surface area contributed by atoms with Crippen LogP contribution in [0.5, 0.6) is 0 Å². The second-order valence-corrected chi connectivity index (χ2v) is 6.23. The van der Waals surface area contributed by atoms with Gasteiger partial charge in [-0.05, 0) is 44.9 Å². The minimum atomic E-state index is -0.806. The second-order valence-electron chi connectivity index (χ2n) is 6.23. The number of hydrogen-bond donors (Lipinski definition) is 2. The number of nitrogens with two attached hydrogens (primary N) is 2. The zero-order valence-electron chi connectivity index (χ0n) is 12.1. The molecule has 3 unspecified atom stereocenters. The Morgan fingerprint density at radius 3 is 2.63 bits per heavy atom. The minimum Gasteiger partial charge on any atom is -0.383 e. The summed E-state index contributed by atoms with van der Waals surface area (Å²) in [6.07, 6.45) is 4.99. The molecule has 2 aliphatic carbocycles. The Morgan fingerprint density at radius 2 is 2.16 bits per heavy atom. The van der Waals surface area contributed by atoms with E-state index in [9.17, 15) is 4.79 Å². The lowest BCUT2D eigenvalue weighted by molar-refractivity contribution is -0.123. The van der Waals surface area contributed by atoms with E-state index in [1.807, 2.05) is 0 Å². The highest BCUT2D eigenvalue weighted by atomic mass is 16.5. The zero-order chi connectivity index (χ0) is 14.0. The highest BCUT2D eigenvalue weighted by molar-refractivity contribution is 5.84. The molecule has 4 N–H and O–H groups in total. The number of carbonyl (C=O) groups is 1. The molecule has 2 aliphatic rings. The van der Waals surface area contributed by atoms with E-state index in [0.29, 0.717) is 24.9 Å². The van der Waals surface area contributed by atoms with Crippen molar-refractivity contribution < 1.29 is 9.53 Å². The number of ether oxygens (including phenoxy) is 1. The molecule has 2 rings (SSSR count). The van der Waals surface area contributed by atoms with E-state index in [-0.39, 0.29) is 5.91 Å². The predicted octanol–water partition coefficient (Wildman–Crippen LogP) is 0.469. The Labute approximate surface area is 115 Å². The van der Waals surface area contributed by atoms with Crippen LogP contribution in [0.1, 0.15) is 39.0 Å². The predicted molar refractivity (Wildman–Crippen MR) is 74.5 cm³/mol. The maximum absolute atomic E-state index is 11.5. The van der Waals surface area contributed by atoms with E-state index < -0.39 is 5.54 Å². The summed E-state index contributed by atoms with van der Waals surface area (Å²) in [4.78, 5) is 14.0. The molecule has 0 radical (unpaired) electrons. The molecule has 0 aromatic carbocycles.